The van der Waals surface area contributed by atoms with E-state index in [0.717, 1.165) is 37.2 Å². The van der Waals surface area contributed by atoms with Crippen LogP contribution in [0.2, 0.25) is 0 Å². The van der Waals surface area contributed by atoms with Crippen molar-refractivity contribution in [3.05, 3.63) is 29.8 Å². The van der Waals surface area contributed by atoms with E-state index < -0.39 is 5.60 Å². The quantitative estimate of drug-likeness (QED) is 0.900. The molecule has 1 aliphatic rings. The third-order valence-electron chi connectivity index (χ3n) is 3.61. The van der Waals surface area contributed by atoms with Crippen LogP contribution in [-0.2, 0) is 16.0 Å². The maximum atomic E-state index is 12.0. The lowest BCUT2D eigenvalue weighted by atomic mass is 10.2. The molecule has 5 nitrogen and oxygen atoms in total. The van der Waals surface area contributed by atoms with Gasteiger partial charge in [0.1, 0.15) is 5.60 Å². The van der Waals surface area contributed by atoms with Crippen molar-refractivity contribution in [2.45, 2.75) is 51.9 Å². The molecule has 0 aliphatic carbocycles. The SMILES string of the molecule is CN(Cc1cccc(NCC2CCCO2)c1)C(=O)OC(C)(C)C. The van der Waals surface area contributed by atoms with Crippen LogP contribution in [0.4, 0.5) is 10.5 Å². The molecule has 0 radical (unpaired) electrons. The maximum absolute atomic E-state index is 12.0. The molecule has 23 heavy (non-hydrogen) atoms. The number of carbonyl (C=O) groups excluding carboxylic acids is 1. The van der Waals surface area contributed by atoms with Gasteiger partial charge in [0.25, 0.3) is 0 Å². The highest BCUT2D eigenvalue weighted by Crippen LogP contribution is 2.17. The molecule has 1 saturated heterocycles. The first-order valence-electron chi connectivity index (χ1n) is 8.22. The molecule has 1 fully saturated rings. The molecule has 1 atom stereocenters. The summed E-state index contributed by atoms with van der Waals surface area (Å²) in [6.07, 6.45) is 2.26. The van der Waals surface area contributed by atoms with Crippen LogP contribution >= 0.6 is 0 Å². The number of anilines is 1. The molecule has 2 rings (SSSR count). The van der Waals surface area contributed by atoms with Gasteiger partial charge in [-0.15, -0.1) is 0 Å². The molecular weight excluding hydrogens is 292 g/mol. The summed E-state index contributed by atoms with van der Waals surface area (Å²) in [6, 6.07) is 8.11. The lowest BCUT2D eigenvalue weighted by molar-refractivity contribution is 0.0285. The van der Waals surface area contributed by atoms with Gasteiger partial charge in [-0.1, -0.05) is 12.1 Å². The van der Waals surface area contributed by atoms with Gasteiger partial charge in [-0.3, -0.25) is 0 Å². The van der Waals surface area contributed by atoms with Crippen molar-refractivity contribution in [3.63, 3.8) is 0 Å². The number of benzene rings is 1. The van der Waals surface area contributed by atoms with Gasteiger partial charge in [-0.05, 0) is 51.3 Å². The van der Waals surface area contributed by atoms with E-state index in [2.05, 4.69) is 11.4 Å². The van der Waals surface area contributed by atoms with Crippen molar-refractivity contribution in [3.8, 4) is 0 Å². The number of hydrogen-bond donors (Lipinski definition) is 1. The summed E-state index contributed by atoms with van der Waals surface area (Å²) in [5.41, 5.74) is 1.64. The Bertz CT molecular complexity index is 519. The highest BCUT2D eigenvalue weighted by atomic mass is 16.6. The maximum Gasteiger partial charge on any atom is 0.410 e. The summed E-state index contributed by atoms with van der Waals surface area (Å²) in [5, 5.41) is 3.41. The van der Waals surface area contributed by atoms with Crippen LogP contribution in [0.3, 0.4) is 0 Å². The van der Waals surface area contributed by atoms with Crippen molar-refractivity contribution < 1.29 is 14.3 Å². The highest BCUT2D eigenvalue weighted by Gasteiger charge is 2.19. The smallest absolute Gasteiger partial charge is 0.410 e. The summed E-state index contributed by atoms with van der Waals surface area (Å²) < 4.78 is 11.0. The summed E-state index contributed by atoms with van der Waals surface area (Å²) in [4.78, 5) is 13.6. The molecule has 1 aromatic rings. The fraction of sp³-hybridized carbons (Fsp3) is 0.611. The monoisotopic (exact) mass is 320 g/mol. The van der Waals surface area contributed by atoms with Crippen molar-refractivity contribution in [2.75, 3.05) is 25.5 Å². The Kier molecular flexibility index (Phi) is 5.88. The van der Waals surface area contributed by atoms with Crippen LogP contribution in [0.15, 0.2) is 24.3 Å². The molecule has 0 spiro atoms. The normalized spacial score (nSPS) is 17.8. The van der Waals surface area contributed by atoms with Crippen molar-refractivity contribution >= 4 is 11.8 Å². The van der Waals surface area contributed by atoms with Crippen LogP contribution < -0.4 is 5.32 Å². The third kappa shape index (κ3) is 6.10. The summed E-state index contributed by atoms with van der Waals surface area (Å²) in [7, 11) is 1.75. The first kappa shape index (κ1) is 17.6. The zero-order valence-corrected chi connectivity index (χ0v) is 14.6. The largest absolute Gasteiger partial charge is 0.444 e. The molecule has 1 amide bonds. The van der Waals surface area contributed by atoms with Crippen LogP contribution in [0.1, 0.15) is 39.2 Å². The van der Waals surface area contributed by atoms with Gasteiger partial charge < -0.3 is 19.7 Å². The molecule has 0 bridgehead atoms. The number of amides is 1. The van der Waals surface area contributed by atoms with Crippen LogP contribution in [0.5, 0.6) is 0 Å². The Morgan fingerprint density at radius 1 is 1.43 bits per heavy atom. The molecular formula is C18H28N2O3. The van der Waals surface area contributed by atoms with E-state index in [-0.39, 0.29) is 6.09 Å². The lowest BCUT2D eigenvalue weighted by Gasteiger charge is -2.24. The van der Waals surface area contributed by atoms with Gasteiger partial charge in [0.15, 0.2) is 0 Å². The van der Waals surface area contributed by atoms with Crippen molar-refractivity contribution in [1.82, 2.24) is 4.90 Å². The first-order valence-corrected chi connectivity index (χ1v) is 8.22. The van der Waals surface area contributed by atoms with E-state index in [1.807, 2.05) is 39.0 Å². The Balaban J connectivity index is 1.87. The van der Waals surface area contributed by atoms with Gasteiger partial charge in [-0.25, -0.2) is 4.79 Å². The fourth-order valence-corrected chi connectivity index (χ4v) is 2.49. The van der Waals surface area contributed by atoms with Crippen LogP contribution in [0, 0.1) is 0 Å². The van der Waals surface area contributed by atoms with E-state index in [1.54, 1.807) is 11.9 Å². The number of ether oxygens (including phenoxy) is 2. The van der Waals surface area contributed by atoms with Gasteiger partial charge in [-0.2, -0.15) is 0 Å². The number of nitrogens with one attached hydrogen (secondary N) is 1. The Morgan fingerprint density at radius 3 is 2.87 bits per heavy atom. The number of carbonyl (C=O) groups is 1. The second-order valence-electron chi connectivity index (χ2n) is 7.05. The first-order chi connectivity index (χ1) is 10.8. The van der Waals surface area contributed by atoms with Crippen LogP contribution in [-0.4, -0.2) is 42.9 Å². The van der Waals surface area contributed by atoms with Gasteiger partial charge in [0.05, 0.1) is 6.10 Å². The van der Waals surface area contributed by atoms with Crippen molar-refractivity contribution in [1.29, 1.82) is 0 Å². The van der Waals surface area contributed by atoms with Gasteiger partial charge in [0, 0.05) is 32.4 Å². The number of nitrogens with zero attached hydrogens (tertiary/aromatic N) is 1. The molecule has 0 aromatic heterocycles. The zero-order valence-electron chi connectivity index (χ0n) is 14.6. The van der Waals surface area contributed by atoms with Crippen molar-refractivity contribution in [2.24, 2.45) is 0 Å². The number of rotatable bonds is 5. The lowest BCUT2D eigenvalue weighted by Crippen LogP contribution is -2.33. The molecule has 1 heterocycles. The van der Waals surface area contributed by atoms with Crippen LogP contribution in [0.25, 0.3) is 0 Å². The summed E-state index contributed by atoms with van der Waals surface area (Å²) in [5.74, 6) is 0. The average Bonchev–Trinajstić information content (AvgIpc) is 2.97. The number of hydrogen-bond acceptors (Lipinski definition) is 4. The van der Waals surface area contributed by atoms with E-state index >= 15 is 0 Å². The highest BCUT2D eigenvalue weighted by molar-refractivity contribution is 5.67. The van der Waals surface area contributed by atoms with Gasteiger partial charge in [0.2, 0.25) is 0 Å². The van der Waals surface area contributed by atoms with E-state index in [1.165, 1.54) is 0 Å². The molecule has 1 unspecified atom stereocenters. The second kappa shape index (κ2) is 7.68. The van der Waals surface area contributed by atoms with E-state index in [4.69, 9.17) is 9.47 Å². The predicted octanol–water partition coefficient (Wildman–Crippen LogP) is 3.64. The minimum Gasteiger partial charge on any atom is -0.444 e. The molecule has 5 heteroatoms. The summed E-state index contributed by atoms with van der Waals surface area (Å²) >= 11 is 0. The van der Waals surface area contributed by atoms with E-state index in [0.29, 0.717) is 12.6 Å². The molecule has 128 valence electrons. The molecule has 1 N–H and O–H groups in total. The van der Waals surface area contributed by atoms with E-state index in [9.17, 15) is 4.79 Å². The third-order valence-corrected chi connectivity index (χ3v) is 3.61. The predicted molar refractivity (Wildman–Crippen MR) is 91.6 cm³/mol. The summed E-state index contributed by atoms with van der Waals surface area (Å²) in [6.45, 7) is 7.82. The minimum atomic E-state index is -0.476. The van der Waals surface area contributed by atoms with Gasteiger partial charge >= 0.3 is 6.09 Å². The Morgan fingerprint density at radius 2 is 2.22 bits per heavy atom. The zero-order chi connectivity index (χ0) is 16.9. The second-order valence-corrected chi connectivity index (χ2v) is 7.05. The molecule has 0 saturated carbocycles. The topological polar surface area (TPSA) is 50.8 Å². The Hall–Kier alpha value is -1.75. The molecule has 1 aliphatic heterocycles. The Labute approximate surface area is 139 Å². The average molecular weight is 320 g/mol. The fourth-order valence-electron chi connectivity index (χ4n) is 2.49. The standard InChI is InChI=1S/C18H28N2O3/c1-18(2,3)23-17(21)20(4)13-14-7-5-8-15(11-14)19-12-16-9-6-10-22-16/h5,7-8,11,16,19H,6,9-10,12-13H2,1-4H3. The molecule has 1 aromatic carbocycles. The minimum absolute atomic E-state index is 0.308.